The van der Waals surface area contributed by atoms with E-state index in [0.29, 0.717) is 6.04 Å². The Kier molecular flexibility index (Phi) is 7.66. The molecule has 24 heavy (non-hydrogen) atoms. The van der Waals surface area contributed by atoms with Crippen molar-refractivity contribution in [1.29, 1.82) is 0 Å². The summed E-state index contributed by atoms with van der Waals surface area (Å²) in [6, 6.07) is 8.71. The highest BCUT2D eigenvalue weighted by Gasteiger charge is 2.40. The van der Waals surface area contributed by atoms with Crippen molar-refractivity contribution in [2.75, 3.05) is 4.90 Å². The summed E-state index contributed by atoms with van der Waals surface area (Å²) in [5.74, 6) is 0.116. The van der Waals surface area contributed by atoms with Crippen LogP contribution in [0.5, 0.6) is 0 Å². The second-order valence-electron chi connectivity index (χ2n) is 6.73. The summed E-state index contributed by atoms with van der Waals surface area (Å²) >= 11 is 0. The number of anilines is 1. The molecule has 5 heteroatoms. The van der Waals surface area contributed by atoms with E-state index in [-0.39, 0.29) is 30.2 Å². The van der Waals surface area contributed by atoms with Gasteiger partial charge in [-0.1, -0.05) is 31.5 Å². The van der Waals surface area contributed by atoms with E-state index in [4.69, 9.17) is 14.3 Å². The number of benzene rings is 1. The van der Waals surface area contributed by atoms with Crippen molar-refractivity contribution in [1.82, 2.24) is 0 Å². The largest absolute Gasteiger partial charge is 0.461 e. The van der Waals surface area contributed by atoms with Crippen LogP contribution in [0.15, 0.2) is 24.3 Å². The Morgan fingerprint density at radius 3 is 2.00 bits per heavy atom. The minimum absolute atomic E-state index is 0.0715. The molecule has 0 aromatic heterocycles. The monoisotopic (exact) mass is 333 g/mol. The Balaban J connectivity index is 0.000000891. The van der Waals surface area contributed by atoms with Crippen molar-refractivity contribution >= 4 is 17.8 Å². The Morgan fingerprint density at radius 1 is 1.12 bits per heavy atom. The van der Waals surface area contributed by atoms with Crippen molar-refractivity contribution in [2.24, 2.45) is 5.92 Å². The van der Waals surface area contributed by atoms with Crippen LogP contribution in [-0.2, 0) is 19.1 Å². The van der Waals surface area contributed by atoms with Crippen molar-refractivity contribution in [3.8, 4) is 0 Å². The molecule has 1 atom stereocenters. The number of carbonyl (C=O) groups is 1. The van der Waals surface area contributed by atoms with Gasteiger partial charge in [0.1, 0.15) is 6.04 Å². The van der Waals surface area contributed by atoms with Crippen molar-refractivity contribution in [2.45, 2.75) is 65.6 Å². The predicted molar refractivity (Wildman–Crippen MR) is 91.5 cm³/mol. The number of hydrogen-bond acceptors (Lipinski definition) is 5. The zero-order valence-electron chi connectivity index (χ0n) is 15.1. The Bertz CT molecular complexity index is 555. The molecule has 5 nitrogen and oxygen atoms in total. The minimum Gasteiger partial charge on any atom is -0.461 e. The fourth-order valence-corrected chi connectivity index (χ4v) is 2.68. The lowest BCUT2D eigenvalue weighted by Gasteiger charge is -2.35. The number of rotatable bonds is 6. The van der Waals surface area contributed by atoms with Crippen LogP contribution < -0.4 is 4.90 Å². The molecule has 2 rings (SSSR count). The predicted octanol–water partition coefficient (Wildman–Crippen LogP) is 3.36. The fraction of sp³-hybridized carbons (Fsp3) is 0.579. The molecule has 1 aromatic rings. The fourth-order valence-electron chi connectivity index (χ4n) is 2.68. The molecule has 1 saturated carbocycles. The number of esters is 1. The molecule has 1 unspecified atom stereocenters. The van der Waals surface area contributed by atoms with Crippen LogP contribution >= 0.6 is 0 Å². The normalized spacial score (nSPS) is 14.5. The van der Waals surface area contributed by atoms with Crippen molar-refractivity contribution < 1.29 is 19.1 Å². The van der Waals surface area contributed by atoms with Gasteiger partial charge in [0.25, 0.3) is 0 Å². The third kappa shape index (κ3) is 5.82. The van der Waals surface area contributed by atoms with Gasteiger partial charge in [0.15, 0.2) is 0 Å². The average molecular weight is 333 g/mol. The molecule has 1 aliphatic carbocycles. The third-order valence-corrected chi connectivity index (χ3v) is 3.80. The first-order valence-corrected chi connectivity index (χ1v) is 8.36. The summed E-state index contributed by atoms with van der Waals surface area (Å²) in [7, 11) is 0. The first-order chi connectivity index (χ1) is 11.3. The van der Waals surface area contributed by atoms with Gasteiger partial charge >= 0.3 is 12.1 Å². The number of aryl methyl sites for hydroxylation is 1. The number of hydrogen-bond donors (Lipinski definition) is 0. The molecule has 132 valence electrons. The lowest BCUT2D eigenvalue weighted by molar-refractivity contribution is -0.191. The first-order valence-electron chi connectivity index (χ1n) is 8.36. The zero-order chi connectivity index (χ0) is 18.3. The third-order valence-electron chi connectivity index (χ3n) is 3.80. The lowest BCUT2D eigenvalue weighted by Crippen LogP contribution is -2.47. The molecule has 1 fully saturated rings. The summed E-state index contributed by atoms with van der Waals surface area (Å²) in [5.41, 5.74) is 2.36. The molecular formula is C19H27NO4. The van der Waals surface area contributed by atoms with Crippen molar-refractivity contribution in [3.05, 3.63) is 29.8 Å². The molecule has 1 aromatic carbocycles. The Labute approximate surface area is 144 Å². The highest BCUT2D eigenvalue weighted by Crippen LogP contribution is 2.35. The molecule has 0 spiro atoms. The van der Waals surface area contributed by atoms with Crippen LogP contribution in [-0.4, -0.2) is 30.3 Å². The van der Waals surface area contributed by atoms with Crippen molar-refractivity contribution in [3.63, 3.8) is 0 Å². The van der Waals surface area contributed by atoms with E-state index < -0.39 is 0 Å². The summed E-state index contributed by atoms with van der Waals surface area (Å²) in [6.45, 7) is 10.1. The van der Waals surface area contributed by atoms with Crippen LogP contribution in [0.2, 0.25) is 0 Å². The molecular weight excluding hydrogens is 306 g/mol. The van der Waals surface area contributed by atoms with E-state index in [1.807, 2.05) is 13.8 Å². The van der Waals surface area contributed by atoms with Gasteiger partial charge in [0, 0.05) is 11.7 Å². The minimum atomic E-state index is -0.206. The summed E-state index contributed by atoms with van der Waals surface area (Å²) in [4.78, 5) is 31.1. The average Bonchev–Trinajstić information content (AvgIpc) is 3.29. The second-order valence-corrected chi connectivity index (χ2v) is 6.73. The highest BCUT2D eigenvalue weighted by atomic mass is 16.5. The first kappa shape index (κ1) is 19.9. The van der Waals surface area contributed by atoms with Gasteiger partial charge in [0.05, 0.1) is 6.10 Å². The van der Waals surface area contributed by atoms with Gasteiger partial charge in [-0.25, -0.2) is 4.79 Å². The smallest absolute Gasteiger partial charge is 0.373 e. The van der Waals surface area contributed by atoms with Gasteiger partial charge in [0.2, 0.25) is 0 Å². The second kappa shape index (κ2) is 9.24. The van der Waals surface area contributed by atoms with E-state index in [9.17, 15) is 4.79 Å². The lowest BCUT2D eigenvalue weighted by atomic mass is 10.0. The van der Waals surface area contributed by atoms with Crippen LogP contribution in [0.25, 0.3) is 0 Å². The van der Waals surface area contributed by atoms with Gasteiger partial charge in [-0.15, -0.1) is 0 Å². The standard InChI is InChI=1S/C18H27NO2.CO2/c1-12(2)17(18(20)21-13(3)4)19(16-10-11-16)15-8-6-14(5)7-9-15;2-1-3/h6-9,12-13,16-17H,10-11H2,1-5H3;. The Morgan fingerprint density at radius 2 is 1.62 bits per heavy atom. The molecule has 1 aliphatic rings. The topological polar surface area (TPSA) is 63.7 Å². The highest BCUT2D eigenvalue weighted by molar-refractivity contribution is 5.81. The van der Waals surface area contributed by atoms with E-state index in [0.717, 1.165) is 18.5 Å². The van der Waals surface area contributed by atoms with Gasteiger partial charge in [-0.2, -0.15) is 9.59 Å². The number of carbonyl (C=O) groups excluding carboxylic acids is 3. The Hall–Kier alpha value is -2.13. The summed E-state index contributed by atoms with van der Waals surface area (Å²) in [5, 5.41) is 0. The van der Waals surface area contributed by atoms with Crippen LogP contribution in [0, 0.1) is 12.8 Å². The van der Waals surface area contributed by atoms with Crippen LogP contribution in [0.4, 0.5) is 5.69 Å². The molecule has 0 heterocycles. The molecule has 0 aliphatic heterocycles. The molecule has 0 amide bonds. The van der Waals surface area contributed by atoms with Gasteiger partial charge in [-0.3, -0.25) is 0 Å². The van der Waals surface area contributed by atoms with Crippen LogP contribution in [0.1, 0.15) is 46.1 Å². The quantitative estimate of drug-likeness (QED) is 0.747. The number of nitrogens with zero attached hydrogens (tertiary/aromatic N) is 1. The molecule has 0 saturated heterocycles. The SMILES string of the molecule is Cc1ccc(N(C2CC2)C(C(=O)OC(C)C)C(C)C)cc1.O=C=O. The maximum absolute atomic E-state index is 12.5. The van der Waals surface area contributed by atoms with E-state index in [1.165, 1.54) is 5.56 Å². The molecule has 0 radical (unpaired) electrons. The van der Waals surface area contributed by atoms with E-state index in [2.05, 4.69) is 49.9 Å². The van der Waals surface area contributed by atoms with Crippen LogP contribution in [0.3, 0.4) is 0 Å². The summed E-state index contributed by atoms with van der Waals surface area (Å²) < 4.78 is 5.50. The maximum Gasteiger partial charge on any atom is 0.373 e. The molecule has 0 bridgehead atoms. The van der Waals surface area contributed by atoms with Gasteiger partial charge in [-0.05, 0) is 51.7 Å². The van der Waals surface area contributed by atoms with E-state index >= 15 is 0 Å². The number of ether oxygens (including phenoxy) is 1. The van der Waals surface area contributed by atoms with Gasteiger partial charge < -0.3 is 9.64 Å². The zero-order valence-corrected chi connectivity index (χ0v) is 15.1. The summed E-state index contributed by atoms with van der Waals surface area (Å²) in [6.07, 6.45) is 2.50. The maximum atomic E-state index is 12.5. The molecule has 0 N–H and O–H groups in total. The van der Waals surface area contributed by atoms with E-state index in [1.54, 1.807) is 0 Å².